The minimum Gasteiger partial charge on any atom is -0.473 e. The van der Waals surface area contributed by atoms with Gasteiger partial charge in [-0.15, -0.1) is 0 Å². The van der Waals surface area contributed by atoms with Crippen LogP contribution in [0.2, 0.25) is 0 Å². The maximum atomic E-state index is 9.10. The van der Waals surface area contributed by atoms with E-state index >= 15 is 0 Å². The lowest BCUT2D eigenvalue weighted by atomic mass is 10.1. The van der Waals surface area contributed by atoms with E-state index in [4.69, 9.17) is 19.8 Å². The number of aromatic nitrogens is 2. The highest BCUT2D eigenvalue weighted by Gasteiger charge is 2.04. The van der Waals surface area contributed by atoms with E-state index < -0.39 is 11.9 Å². The second-order valence-electron chi connectivity index (χ2n) is 4.19. The third-order valence-electron chi connectivity index (χ3n) is 2.51. The van der Waals surface area contributed by atoms with Gasteiger partial charge in [-0.2, -0.15) is 0 Å². The molecule has 0 atom stereocenters. The molecule has 0 spiro atoms. The minimum absolute atomic E-state index is 0.889. The second-order valence-corrected chi connectivity index (χ2v) is 4.19. The Hall–Kier alpha value is -2.67. The quantitative estimate of drug-likeness (QED) is 0.720. The number of nitrogens with zero attached hydrogens (tertiary/aromatic N) is 2. The standard InChI is InChI=1S/C12H15N3.C2H2O4/c1-13-8-11-2-4-12(5-3-11)9-15-7-6-14-10-15;3-1(4)2(5)6/h2-7,10,13H,8-9H2,1H3;(H,3,4)(H,5,6). The van der Waals surface area contributed by atoms with Crippen LogP contribution in [0, 0.1) is 0 Å². The average Bonchev–Trinajstić information content (AvgIpc) is 2.95. The molecule has 0 aliphatic rings. The largest absolute Gasteiger partial charge is 0.473 e. The zero-order valence-corrected chi connectivity index (χ0v) is 11.6. The molecule has 2 rings (SSSR count). The smallest absolute Gasteiger partial charge is 0.414 e. The second kappa shape index (κ2) is 8.49. The topological polar surface area (TPSA) is 104 Å². The summed E-state index contributed by atoms with van der Waals surface area (Å²) in [5.41, 5.74) is 2.61. The number of imidazole rings is 1. The van der Waals surface area contributed by atoms with Crippen LogP contribution in [0.5, 0.6) is 0 Å². The van der Waals surface area contributed by atoms with Crippen LogP contribution in [0.25, 0.3) is 0 Å². The van der Waals surface area contributed by atoms with Gasteiger partial charge in [-0.05, 0) is 18.2 Å². The first kappa shape index (κ1) is 16.4. The summed E-state index contributed by atoms with van der Waals surface area (Å²) >= 11 is 0. The van der Waals surface area contributed by atoms with Crippen LogP contribution >= 0.6 is 0 Å². The van der Waals surface area contributed by atoms with Crippen LogP contribution in [0.4, 0.5) is 0 Å². The molecule has 2 aromatic rings. The Morgan fingerprint density at radius 3 is 2.14 bits per heavy atom. The Morgan fingerprint density at radius 1 is 1.14 bits per heavy atom. The predicted molar refractivity (Wildman–Crippen MR) is 75.8 cm³/mol. The molecule has 0 radical (unpaired) electrons. The number of rotatable bonds is 4. The number of carbonyl (C=O) groups is 2. The number of benzene rings is 1. The minimum atomic E-state index is -1.82. The summed E-state index contributed by atoms with van der Waals surface area (Å²) in [6.07, 6.45) is 5.61. The molecule has 0 saturated carbocycles. The van der Waals surface area contributed by atoms with Crippen LogP contribution in [-0.4, -0.2) is 38.8 Å². The van der Waals surface area contributed by atoms with Crippen molar-refractivity contribution >= 4 is 11.9 Å². The van der Waals surface area contributed by atoms with E-state index in [1.54, 1.807) is 6.20 Å². The molecule has 0 aliphatic heterocycles. The van der Waals surface area contributed by atoms with Crippen molar-refractivity contribution in [2.75, 3.05) is 7.05 Å². The van der Waals surface area contributed by atoms with E-state index in [-0.39, 0.29) is 0 Å². The average molecular weight is 291 g/mol. The van der Waals surface area contributed by atoms with E-state index in [1.807, 2.05) is 19.6 Å². The summed E-state index contributed by atoms with van der Waals surface area (Å²) < 4.78 is 2.06. The third-order valence-corrected chi connectivity index (χ3v) is 2.51. The first-order chi connectivity index (χ1) is 10.0. The van der Waals surface area contributed by atoms with Gasteiger partial charge in [-0.3, -0.25) is 0 Å². The normalized spacial score (nSPS) is 9.57. The molecule has 0 amide bonds. The fraction of sp³-hybridized carbons (Fsp3) is 0.214. The van der Waals surface area contributed by atoms with Gasteiger partial charge >= 0.3 is 11.9 Å². The lowest BCUT2D eigenvalue weighted by Gasteiger charge is -2.04. The molecule has 112 valence electrons. The highest BCUT2D eigenvalue weighted by Crippen LogP contribution is 2.06. The zero-order valence-electron chi connectivity index (χ0n) is 11.6. The van der Waals surface area contributed by atoms with Crippen molar-refractivity contribution in [3.05, 3.63) is 54.1 Å². The molecule has 0 bridgehead atoms. The van der Waals surface area contributed by atoms with E-state index in [9.17, 15) is 0 Å². The molecule has 7 heteroatoms. The van der Waals surface area contributed by atoms with Gasteiger partial charge in [0.15, 0.2) is 0 Å². The van der Waals surface area contributed by atoms with E-state index in [0.29, 0.717) is 0 Å². The lowest BCUT2D eigenvalue weighted by molar-refractivity contribution is -0.159. The van der Waals surface area contributed by atoms with Gasteiger partial charge < -0.3 is 20.1 Å². The predicted octanol–water partition coefficient (Wildman–Crippen LogP) is 0.806. The van der Waals surface area contributed by atoms with Gasteiger partial charge in [-0.25, -0.2) is 14.6 Å². The van der Waals surface area contributed by atoms with E-state index in [0.717, 1.165) is 13.1 Å². The fourth-order valence-electron chi connectivity index (χ4n) is 1.56. The van der Waals surface area contributed by atoms with Crippen LogP contribution in [0.1, 0.15) is 11.1 Å². The van der Waals surface area contributed by atoms with Crippen molar-refractivity contribution < 1.29 is 19.8 Å². The number of hydrogen-bond donors (Lipinski definition) is 3. The Labute approximate surface area is 121 Å². The van der Waals surface area contributed by atoms with Crippen molar-refractivity contribution in [3.8, 4) is 0 Å². The maximum absolute atomic E-state index is 9.10. The van der Waals surface area contributed by atoms with Crippen LogP contribution in [-0.2, 0) is 22.7 Å². The van der Waals surface area contributed by atoms with Crippen LogP contribution in [0.15, 0.2) is 43.0 Å². The lowest BCUT2D eigenvalue weighted by Crippen LogP contribution is -2.09. The molecule has 7 nitrogen and oxygen atoms in total. The third kappa shape index (κ3) is 6.35. The molecule has 1 heterocycles. The van der Waals surface area contributed by atoms with E-state index in [1.165, 1.54) is 11.1 Å². The van der Waals surface area contributed by atoms with Crippen molar-refractivity contribution in [1.82, 2.24) is 14.9 Å². The molecule has 21 heavy (non-hydrogen) atoms. The first-order valence-corrected chi connectivity index (χ1v) is 6.17. The van der Waals surface area contributed by atoms with Crippen molar-refractivity contribution in [2.45, 2.75) is 13.1 Å². The molecule has 0 fully saturated rings. The Kier molecular flexibility index (Phi) is 6.62. The van der Waals surface area contributed by atoms with Crippen molar-refractivity contribution in [2.24, 2.45) is 0 Å². The van der Waals surface area contributed by atoms with Gasteiger partial charge in [0.05, 0.1) is 6.33 Å². The highest BCUT2D eigenvalue weighted by molar-refractivity contribution is 6.27. The summed E-state index contributed by atoms with van der Waals surface area (Å²) in [6, 6.07) is 8.63. The first-order valence-electron chi connectivity index (χ1n) is 6.17. The van der Waals surface area contributed by atoms with Crippen LogP contribution < -0.4 is 5.32 Å². The number of nitrogens with one attached hydrogen (secondary N) is 1. The van der Waals surface area contributed by atoms with Gasteiger partial charge in [0.1, 0.15) is 0 Å². The maximum Gasteiger partial charge on any atom is 0.414 e. The van der Waals surface area contributed by atoms with Gasteiger partial charge in [0.2, 0.25) is 0 Å². The summed E-state index contributed by atoms with van der Waals surface area (Å²) in [4.78, 5) is 22.2. The van der Waals surface area contributed by atoms with Crippen molar-refractivity contribution in [1.29, 1.82) is 0 Å². The molecule has 1 aromatic heterocycles. The highest BCUT2D eigenvalue weighted by atomic mass is 16.4. The van der Waals surface area contributed by atoms with Crippen LogP contribution in [0.3, 0.4) is 0 Å². The Balaban J connectivity index is 0.000000315. The molecule has 1 aromatic carbocycles. The number of aliphatic carboxylic acids is 2. The fourth-order valence-corrected chi connectivity index (χ4v) is 1.56. The summed E-state index contributed by atoms with van der Waals surface area (Å²) in [6.45, 7) is 1.81. The monoisotopic (exact) mass is 291 g/mol. The molecule has 0 saturated heterocycles. The number of carboxylic acids is 2. The zero-order chi connectivity index (χ0) is 15.7. The Bertz CT molecular complexity index is 552. The summed E-state index contributed by atoms with van der Waals surface area (Å²) in [5.74, 6) is -3.65. The molecule has 0 unspecified atom stereocenters. The number of hydrogen-bond acceptors (Lipinski definition) is 4. The molecular formula is C14H17N3O4. The molecule has 0 aliphatic carbocycles. The number of carboxylic acid groups (broad SMARTS) is 2. The summed E-state index contributed by atoms with van der Waals surface area (Å²) in [7, 11) is 1.96. The molecule has 3 N–H and O–H groups in total. The molecular weight excluding hydrogens is 274 g/mol. The van der Waals surface area contributed by atoms with E-state index in [2.05, 4.69) is 39.1 Å². The SMILES string of the molecule is CNCc1ccc(Cn2ccnc2)cc1.O=C(O)C(=O)O. The summed E-state index contributed by atoms with van der Waals surface area (Å²) in [5, 5.41) is 17.9. The van der Waals surface area contributed by atoms with Crippen molar-refractivity contribution in [3.63, 3.8) is 0 Å². The van der Waals surface area contributed by atoms with Gasteiger partial charge in [0.25, 0.3) is 0 Å². The van der Waals surface area contributed by atoms with Gasteiger partial charge in [0, 0.05) is 25.5 Å². The Morgan fingerprint density at radius 2 is 1.71 bits per heavy atom. The van der Waals surface area contributed by atoms with Gasteiger partial charge in [-0.1, -0.05) is 24.3 Å².